The number of urea groups is 1. The van der Waals surface area contributed by atoms with Gasteiger partial charge in [0.2, 0.25) is 0 Å². The molecule has 0 aliphatic rings. The van der Waals surface area contributed by atoms with Crippen LogP contribution in [0.5, 0.6) is 0 Å². The fourth-order valence-corrected chi connectivity index (χ4v) is 2.12. The van der Waals surface area contributed by atoms with Gasteiger partial charge in [-0.25, -0.2) is 4.79 Å². The normalized spacial score (nSPS) is 13.9. The summed E-state index contributed by atoms with van der Waals surface area (Å²) in [5, 5.41) is 15.5. The van der Waals surface area contributed by atoms with Crippen LogP contribution in [-0.4, -0.2) is 24.3 Å². The quantitative estimate of drug-likeness (QED) is 0.766. The smallest absolute Gasteiger partial charge is 0.315 e. The highest BCUT2D eigenvalue weighted by atomic mass is 16.3. The predicted molar refractivity (Wildman–Crippen MR) is 82.0 cm³/mol. The molecule has 0 aliphatic heterocycles. The second-order valence-corrected chi connectivity index (χ2v) is 5.38. The minimum absolute atomic E-state index is 0.139. The maximum Gasteiger partial charge on any atom is 0.315 e. The summed E-state index contributed by atoms with van der Waals surface area (Å²) in [6.07, 6.45) is 0.680. The molecule has 2 atom stereocenters. The number of carbonyl (C=O) groups is 1. The van der Waals surface area contributed by atoms with Crippen molar-refractivity contribution in [2.45, 2.75) is 26.3 Å². The predicted octanol–water partition coefficient (Wildman–Crippen LogP) is 2.81. The first-order chi connectivity index (χ1) is 10.1. The molecule has 1 aromatic carbocycles. The molecule has 114 valence electrons. The first kappa shape index (κ1) is 15.4. The molecule has 0 aliphatic carbocycles. The number of hydrogen-bond donors (Lipinski definition) is 3. The highest BCUT2D eigenvalue weighted by Crippen LogP contribution is 2.23. The monoisotopic (exact) mass is 290 g/mol. The fraction of sp³-hybridized carbons (Fsp3) is 0.438. The third kappa shape index (κ3) is 4.23. The third-order valence-electron chi connectivity index (χ3n) is 3.45. The molecule has 0 spiro atoms. The zero-order valence-electron chi connectivity index (χ0n) is 12.4. The van der Waals surface area contributed by atoms with Gasteiger partial charge in [-0.1, -0.05) is 25.1 Å². The van der Waals surface area contributed by atoms with Crippen LogP contribution in [0.4, 0.5) is 4.79 Å². The van der Waals surface area contributed by atoms with E-state index in [0.29, 0.717) is 13.0 Å². The lowest BCUT2D eigenvalue weighted by Gasteiger charge is -2.15. The van der Waals surface area contributed by atoms with Crippen molar-refractivity contribution in [3.05, 3.63) is 36.1 Å². The minimum Gasteiger partial charge on any atom is -0.459 e. The molecule has 1 heterocycles. The molecule has 0 saturated heterocycles. The molecule has 0 saturated carbocycles. The van der Waals surface area contributed by atoms with Crippen molar-refractivity contribution in [3.63, 3.8) is 0 Å². The summed E-state index contributed by atoms with van der Waals surface area (Å²) >= 11 is 0. The average molecular weight is 290 g/mol. The summed E-state index contributed by atoms with van der Waals surface area (Å²) in [6, 6.07) is 9.26. The van der Waals surface area contributed by atoms with Crippen molar-refractivity contribution in [2.75, 3.05) is 13.2 Å². The van der Waals surface area contributed by atoms with Crippen LogP contribution in [-0.2, 0) is 0 Å². The Morgan fingerprint density at radius 3 is 2.81 bits per heavy atom. The number of benzene rings is 1. The largest absolute Gasteiger partial charge is 0.459 e. The molecule has 1 aromatic heterocycles. The van der Waals surface area contributed by atoms with Crippen LogP contribution in [0.25, 0.3) is 11.0 Å². The van der Waals surface area contributed by atoms with Gasteiger partial charge in [-0.3, -0.25) is 0 Å². The Morgan fingerprint density at radius 2 is 2.10 bits per heavy atom. The van der Waals surface area contributed by atoms with Gasteiger partial charge in [0.05, 0.1) is 6.04 Å². The van der Waals surface area contributed by atoms with Gasteiger partial charge in [-0.2, -0.15) is 0 Å². The van der Waals surface area contributed by atoms with E-state index in [0.717, 1.165) is 16.7 Å². The van der Waals surface area contributed by atoms with E-state index in [1.165, 1.54) is 0 Å². The van der Waals surface area contributed by atoms with Crippen LogP contribution in [0.1, 0.15) is 32.1 Å². The summed E-state index contributed by atoms with van der Waals surface area (Å²) in [4.78, 5) is 11.8. The number of hydrogen-bond acceptors (Lipinski definition) is 3. The van der Waals surface area contributed by atoms with E-state index >= 15 is 0 Å². The Labute approximate surface area is 124 Å². The standard InChI is InChI=1S/C16H22N2O3/c1-11(7-8-19)10-17-16(20)18-12(2)15-9-13-5-3-4-6-14(13)21-15/h3-6,9,11-12,19H,7-8,10H2,1-2H3,(H2,17,18,20). The summed E-state index contributed by atoms with van der Waals surface area (Å²) in [5.74, 6) is 0.983. The molecular formula is C16H22N2O3. The molecular weight excluding hydrogens is 268 g/mol. The van der Waals surface area contributed by atoms with Crippen molar-refractivity contribution in [2.24, 2.45) is 5.92 Å². The summed E-state index contributed by atoms with van der Waals surface area (Å²) in [7, 11) is 0. The highest BCUT2D eigenvalue weighted by molar-refractivity contribution is 5.78. The molecule has 2 rings (SSSR count). The average Bonchev–Trinajstić information content (AvgIpc) is 2.89. The maximum atomic E-state index is 11.8. The topological polar surface area (TPSA) is 74.5 Å². The second kappa shape index (κ2) is 7.13. The van der Waals surface area contributed by atoms with Crippen LogP contribution in [0.2, 0.25) is 0 Å². The molecule has 21 heavy (non-hydrogen) atoms. The van der Waals surface area contributed by atoms with E-state index in [-0.39, 0.29) is 24.6 Å². The number of aliphatic hydroxyl groups excluding tert-OH is 1. The lowest BCUT2D eigenvalue weighted by molar-refractivity contribution is 0.230. The van der Waals surface area contributed by atoms with Crippen LogP contribution in [0.3, 0.4) is 0 Å². The Bertz CT molecular complexity index is 561. The molecule has 5 heteroatoms. The molecule has 2 aromatic rings. The van der Waals surface area contributed by atoms with Gasteiger partial charge < -0.3 is 20.2 Å². The van der Waals surface area contributed by atoms with Crippen LogP contribution < -0.4 is 10.6 Å². The Hall–Kier alpha value is -2.01. The van der Waals surface area contributed by atoms with Gasteiger partial charge in [0.1, 0.15) is 11.3 Å². The summed E-state index contributed by atoms with van der Waals surface area (Å²) < 4.78 is 5.72. The fourth-order valence-electron chi connectivity index (χ4n) is 2.12. The van der Waals surface area contributed by atoms with E-state index in [4.69, 9.17) is 9.52 Å². The van der Waals surface area contributed by atoms with E-state index in [1.807, 2.05) is 44.2 Å². The molecule has 2 amide bonds. The van der Waals surface area contributed by atoms with Crippen molar-refractivity contribution in [1.82, 2.24) is 10.6 Å². The Morgan fingerprint density at radius 1 is 1.33 bits per heavy atom. The van der Waals surface area contributed by atoms with Crippen LogP contribution in [0, 0.1) is 5.92 Å². The number of nitrogens with one attached hydrogen (secondary N) is 2. The summed E-state index contributed by atoms with van der Waals surface area (Å²) in [6.45, 7) is 4.55. The van der Waals surface area contributed by atoms with E-state index in [2.05, 4.69) is 10.6 Å². The first-order valence-corrected chi connectivity index (χ1v) is 7.24. The number of rotatable bonds is 6. The number of para-hydroxylation sites is 1. The van der Waals surface area contributed by atoms with Crippen molar-refractivity contribution >= 4 is 17.0 Å². The second-order valence-electron chi connectivity index (χ2n) is 5.38. The van der Waals surface area contributed by atoms with Crippen molar-refractivity contribution in [3.8, 4) is 0 Å². The number of aliphatic hydroxyl groups is 1. The van der Waals surface area contributed by atoms with Crippen LogP contribution >= 0.6 is 0 Å². The lowest BCUT2D eigenvalue weighted by Crippen LogP contribution is -2.39. The van der Waals surface area contributed by atoms with Gasteiger partial charge in [-0.15, -0.1) is 0 Å². The highest BCUT2D eigenvalue weighted by Gasteiger charge is 2.14. The lowest BCUT2D eigenvalue weighted by atomic mass is 10.1. The third-order valence-corrected chi connectivity index (χ3v) is 3.45. The van der Waals surface area contributed by atoms with Gasteiger partial charge in [0.25, 0.3) is 0 Å². The number of furan rings is 1. The molecule has 5 nitrogen and oxygen atoms in total. The van der Waals surface area contributed by atoms with Gasteiger partial charge >= 0.3 is 6.03 Å². The Kier molecular flexibility index (Phi) is 5.22. The van der Waals surface area contributed by atoms with E-state index < -0.39 is 0 Å². The maximum absolute atomic E-state index is 11.8. The number of carbonyl (C=O) groups excluding carboxylic acids is 1. The van der Waals surface area contributed by atoms with E-state index in [9.17, 15) is 4.79 Å². The van der Waals surface area contributed by atoms with Gasteiger partial charge in [-0.05, 0) is 31.4 Å². The van der Waals surface area contributed by atoms with Gasteiger partial charge in [0.15, 0.2) is 0 Å². The van der Waals surface area contributed by atoms with Gasteiger partial charge in [0, 0.05) is 18.5 Å². The minimum atomic E-state index is -0.229. The molecule has 2 unspecified atom stereocenters. The SMILES string of the molecule is CC(CCO)CNC(=O)NC(C)c1cc2ccccc2o1. The Balaban J connectivity index is 1.88. The number of amides is 2. The first-order valence-electron chi connectivity index (χ1n) is 7.24. The summed E-state index contributed by atoms with van der Waals surface area (Å²) in [5.41, 5.74) is 0.818. The zero-order valence-corrected chi connectivity index (χ0v) is 12.4. The zero-order chi connectivity index (χ0) is 15.2. The van der Waals surface area contributed by atoms with Crippen molar-refractivity contribution in [1.29, 1.82) is 0 Å². The molecule has 3 N–H and O–H groups in total. The van der Waals surface area contributed by atoms with Crippen molar-refractivity contribution < 1.29 is 14.3 Å². The molecule has 0 radical (unpaired) electrons. The van der Waals surface area contributed by atoms with E-state index in [1.54, 1.807) is 0 Å². The van der Waals surface area contributed by atoms with Crippen LogP contribution in [0.15, 0.2) is 34.7 Å². The molecule has 0 bridgehead atoms. The number of fused-ring (bicyclic) bond motifs is 1. The molecule has 0 fully saturated rings.